The van der Waals surface area contributed by atoms with Gasteiger partial charge in [-0.15, -0.1) is 0 Å². The molecular formula is C15H30N2O. The van der Waals surface area contributed by atoms with Gasteiger partial charge < -0.3 is 4.90 Å². The van der Waals surface area contributed by atoms with Gasteiger partial charge >= 0.3 is 0 Å². The molecule has 1 saturated heterocycles. The second-order valence-corrected chi connectivity index (χ2v) is 6.44. The Kier molecular flexibility index (Phi) is 5.20. The molecule has 1 fully saturated rings. The molecule has 0 aromatic heterocycles. The van der Waals surface area contributed by atoms with Crippen molar-refractivity contribution in [3.63, 3.8) is 0 Å². The molecule has 1 rings (SSSR count). The van der Waals surface area contributed by atoms with E-state index in [2.05, 4.69) is 51.8 Å². The Hall–Kier alpha value is -0.570. The quantitative estimate of drug-likeness (QED) is 0.790. The molecule has 3 heteroatoms. The van der Waals surface area contributed by atoms with Crippen molar-refractivity contribution in [2.24, 2.45) is 11.3 Å². The third-order valence-electron chi connectivity index (χ3n) is 4.45. The van der Waals surface area contributed by atoms with Crippen LogP contribution in [0.4, 0.5) is 0 Å². The Bertz CT molecular complexity index is 288. The van der Waals surface area contributed by atoms with Gasteiger partial charge in [0.25, 0.3) is 0 Å². The van der Waals surface area contributed by atoms with Gasteiger partial charge in [0.1, 0.15) is 0 Å². The Labute approximate surface area is 112 Å². The van der Waals surface area contributed by atoms with Crippen molar-refractivity contribution >= 4 is 5.91 Å². The van der Waals surface area contributed by atoms with Crippen molar-refractivity contribution in [2.45, 2.75) is 73.0 Å². The van der Waals surface area contributed by atoms with Crippen LogP contribution >= 0.6 is 0 Å². The topological polar surface area (TPSA) is 32.3 Å². The molecule has 3 nitrogen and oxygen atoms in total. The third-order valence-corrected chi connectivity index (χ3v) is 4.45. The van der Waals surface area contributed by atoms with Crippen molar-refractivity contribution < 1.29 is 4.79 Å². The molecule has 1 aliphatic rings. The average molecular weight is 254 g/mol. The van der Waals surface area contributed by atoms with E-state index in [1.807, 2.05) is 0 Å². The molecule has 0 aromatic carbocycles. The van der Waals surface area contributed by atoms with Crippen LogP contribution in [-0.2, 0) is 4.79 Å². The van der Waals surface area contributed by atoms with Crippen LogP contribution in [0, 0.1) is 11.3 Å². The van der Waals surface area contributed by atoms with Crippen molar-refractivity contribution in [3.05, 3.63) is 0 Å². The molecule has 1 N–H and O–H groups in total. The minimum atomic E-state index is 0.0209. The fraction of sp³-hybridized carbons (Fsp3) is 0.933. The van der Waals surface area contributed by atoms with Gasteiger partial charge in [-0.1, -0.05) is 48.0 Å². The summed E-state index contributed by atoms with van der Waals surface area (Å²) in [6.45, 7) is 14.0. The first kappa shape index (κ1) is 15.5. The number of nitrogens with one attached hydrogen (secondary N) is 1. The van der Waals surface area contributed by atoms with E-state index in [1.165, 1.54) is 0 Å². The number of rotatable bonds is 6. The summed E-state index contributed by atoms with van der Waals surface area (Å²) in [5.74, 6) is 0.721. The molecule has 0 aromatic rings. The summed E-state index contributed by atoms with van der Waals surface area (Å²) in [4.78, 5) is 14.6. The number of amides is 1. The van der Waals surface area contributed by atoms with E-state index in [4.69, 9.17) is 0 Å². The smallest absolute Gasteiger partial charge is 0.241 e. The van der Waals surface area contributed by atoms with Gasteiger partial charge in [0.05, 0.1) is 12.2 Å². The molecule has 1 aliphatic heterocycles. The van der Waals surface area contributed by atoms with E-state index in [1.54, 1.807) is 0 Å². The Morgan fingerprint density at radius 2 is 1.94 bits per heavy atom. The molecule has 3 unspecified atom stereocenters. The lowest BCUT2D eigenvalue weighted by Gasteiger charge is -2.32. The maximum absolute atomic E-state index is 12.5. The SMILES string of the molecule is CCC(C)C1NC(CC)N(CC(C)(C)CC)C1=O. The number of carbonyl (C=O) groups excluding carboxylic acids is 1. The van der Waals surface area contributed by atoms with Crippen LogP contribution in [0.5, 0.6) is 0 Å². The first-order valence-corrected chi connectivity index (χ1v) is 7.42. The maximum atomic E-state index is 12.5. The number of hydrogen-bond acceptors (Lipinski definition) is 2. The van der Waals surface area contributed by atoms with Gasteiger partial charge in [-0.05, 0) is 24.2 Å². The molecule has 18 heavy (non-hydrogen) atoms. The molecule has 0 radical (unpaired) electrons. The molecule has 1 amide bonds. The highest BCUT2D eigenvalue weighted by Gasteiger charge is 2.41. The largest absolute Gasteiger partial charge is 0.325 e. The van der Waals surface area contributed by atoms with Crippen molar-refractivity contribution in [3.8, 4) is 0 Å². The molecule has 0 aliphatic carbocycles. The van der Waals surface area contributed by atoms with Gasteiger partial charge in [-0.2, -0.15) is 0 Å². The molecule has 0 saturated carbocycles. The van der Waals surface area contributed by atoms with Crippen LogP contribution in [0.15, 0.2) is 0 Å². The highest BCUT2D eigenvalue weighted by Crippen LogP contribution is 2.27. The highest BCUT2D eigenvalue weighted by molar-refractivity contribution is 5.84. The minimum absolute atomic E-state index is 0.0209. The lowest BCUT2D eigenvalue weighted by Crippen LogP contribution is -2.42. The van der Waals surface area contributed by atoms with Crippen LogP contribution in [0.25, 0.3) is 0 Å². The molecular weight excluding hydrogens is 224 g/mol. The normalized spacial score (nSPS) is 26.8. The van der Waals surface area contributed by atoms with Crippen LogP contribution in [0.2, 0.25) is 0 Å². The average Bonchev–Trinajstić information content (AvgIpc) is 2.65. The predicted molar refractivity (Wildman–Crippen MR) is 76.2 cm³/mol. The van der Waals surface area contributed by atoms with Crippen LogP contribution in [-0.4, -0.2) is 29.6 Å². The molecule has 106 valence electrons. The molecule has 0 bridgehead atoms. The summed E-state index contributed by atoms with van der Waals surface area (Å²) < 4.78 is 0. The monoisotopic (exact) mass is 254 g/mol. The number of nitrogens with zero attached hydrogens (tertiary/aromatic N) is 1. The van der Waals surface area contributed by atoms with Crippen LogP contribution in [0.3, 0.4) is 0 Å². The van der Waals surface area contributed by atoms with E-state index in [0.29, 0.717) is 11.8 Å². The summed E-state index contributed by atoms with van der Waals surface area (Å²) in [5.41, 5.74) is 0.203. The summed E-state index contributed by atoms with van der Waals surface area (Å²) in [5, 5.41) is 3.51. The van der Waals surface area contributed by atoms with E-state index in [-0.39, 0.29) is 17.6 Å². The molecule has 3 atom stereocenters. The predicted octanol–water partition coefficient (Wildman–Crippen LogP) is 3.01. The Morgan fingerprint density at radius 3 is 2.39 bits per heavy atom. The first-order valence-electron chi connectivity index (χ1n) is 7.42. The summed E-state index contributed by atoms with van der Waals surface area (Å²) in [6.07, 6.45) is 3.35. The minimum Gasteiger partial charge on any atom is -0.325 e. The zero-order valence-electron chi connectivity index (χ0n) is 12.9. The van der Waals surface area contributed by atoms with E-state index >= 15 is 0 Å². The van der Waals surface area contributed by atoms with Gasteiger partial charge in [0.2, 0.25) is 5.91 Å². The zero-order chi connectivity index (χ0) is 13.9. The highest BCUT2D eigenvalue weighted by atomic mass is 16.2. The lowest BCUT2D eigenvalue weighted by molar-refractivity contribution is -0.132. The fourth-order valence-corrected chi connectivity index (χ4v) is 2.44. The van der Waals surface area contributed by atoms with E-state index in [0.717, 1.165) is 25.8 Å². The fourth-order valence-electron chi connectivity index (χ4n) is 2.44. The van der Waals surface area contributed by atoms with Gasteiger partial charge in [-0.3, -0.25) is 10.1 Å². The van der Waals surface area contributed by atoms with Gasteiger partial charge in [-0.25, -0.2) is 0 Å². The van der Waals surface area contributed by atoms with Crippen LogP contribution in [0.1, 0.15) is 60.8 Å². The maximum Gasteiger partial charge on any atom is 0.241 e. The summed E-state index contributed by atoms with van der Waals surface area (Å²) >= 11 is 0. The number of carbonyl (C=O) groups is 1. The Balaban J connectivity index is 2.80. The summed E-state index contributed by atoms with van der Waals surface area (Å²) in [6, 6.07) is 0.0209. The molecule has 1 heterocycles. The third kappa shape index (κ3) is 3.25. The van der Waals surface area contributed by atoms with Crippen LogP contribution < -0.4 is 5.32 Å². The lowest BCUT2D eigenvalue weighted by atomic mass is 9.89. The number of hydrogen-bond donors (Lipinski definition) is 1. The summed E-state index contributed by atoms with van der Waals surface area (Å²) in [7, 11) is 0. The first-order chi connectivity index (χ1) is 8.36. The van der Waals surface area contributed by atoms with Gasteiger partial charge in [0.15, 0.2) is 0 Å². The van der Waals surface area contributed by atoms with Crippen molar-refractivity contribution in [1.82, 2.24) is 10.2 Å². The zero-order valence-corrected chi connectivity index (χ0v) is 12.9. The van der Waals surface area contributed by atoms with E-state index in [9.17, 15) is 4.79 Å². The van der Waals surface area contributed by atoms with Gasteiger partial charge in [0, 0.05) is 6.54 Å². The van der Waals surface area contributed by atoms with Crippen molar-refractivity contribution in [2.75, 3.05) is 6.54 Å². The molecule has 0 spiro atoms. The van der Waals surface area contributed by atoms with E-state index < -0.39 is 0 Å². The second-order valence-electron chi connectivity index (χ2n) is 6.44. The second kappa shape index (κ2) is 6.05. The Morgan fingerprint density at radius 1 is 1.33 bits per heavy atom. The standard InChI is InChI=1S/C15H30N2O/c1-7-11(4)13-14(18)17(12(8-2)16-13)10-15(5,6)9-3/h11-13,16H,7-10H2,1-6H3. The van der Waals surface area contributed by atoms with Crippen molar-refractivity contribution in [1.29, 1.82) is 0 Å².